The zero-order chi connectivity index (χ0) is 27.7. The second-order valence-corrected chi connectivity index (χ2v) is 11.0. The second kappa shape index (κ2) is 8.64. The van der Waals surface area contributed by atoms with Crippen LogP contribution in [0.1, 0.15) is 54.9 Å². The van der Waals surface area contributed by atoms with E-state index in [-0.39, 0.29) is 6.42 Å². The number of hydrogen-bond acceptors (Lipinski definition) is 11. The molecule has 0 saturated carbocycles. The molecular formula is C26H34O11. The van der Waals surface area contributed by atoms with Crippen molar-refractivity contribution in [2.24, 2.45) is 11.3 Å². The van der Waals surface area contributed by atoms with E-state index in [1.165, 1.54) is 40.7 Å². The third-order valence-electron chi connectivity index (χ3n) is 8.34. The Morgan fingerprint density at radius 1 is 1.03 bits per heavy atom. The van der Waals surface area contributed by atoms with Crippen LogP contribution in [0.4, 0.5) is 0 Å². The van der Waals surface area contributed by atoms with Crippen LogP contribution in [-0.4, -0.2) is 81.4 Å². The minimum Gasteiger partial charge on any atom is -0.461 e. The van der Waals surface area contributed by atoms with Crippen LogP contribution >= 0.6 is 0 Å². The summed E-state index contributed by atoms with van der Waals surface area (Å²) >= 11 is 0. The highest BCUT2D eigenvalue weighted by Crippen LogP contribution is 2.65. The number of fused-ring (bicyclic) bond motifs is 1. The molecular weight excluding hydrogens is 488 g/mol. The second-order valence-electron chi connectivity index (χ2n) is 11.0. The van der Waals surface area contributed by atoms with Crippen LogP contribution in [0.5, 0.6) is 0 Å². The van der Waals surface area contributed by atoms with Crippen LogP contribution in [0.2, 0.25) is 0 Å². The van der Waals surface area contributed by atoms with Gasteiger partial charge in [-0.1, -0.05) is 19.1 Å². The fraction of sp³-hybridized carbons (Fsp3) is 0.692. The molecule has 10 atom stereocenters. The Labute approximate surface area is 214 Å². The summed E-state index contributed by atoms with van der Waals surface area (Å²) in [5, 5.41) is 22.6. The van der Waals surface area contributed by atoms with Crippen molar-refractivity contribution in [3.05, 3.63) is 23.8 Å². The monoisotopic (exact) mass is 522 g/mol. The molecule has 2 fully saturated rings. The number of rotatable bonds is 3. The minimum absolute atomic E-state index is 0.0242. The maximum absolute atomic E-state index is 13.0. The van der Waals surface area contributed by atoms with Gasteiger partial charge in [0.1, 0.15) is 24.4 Å². The minimum atomic E-state index is -1.95. The lowest BCUT2D eigenvalue weighted by molar-refractivity contribution is -0.215. The lowest BCUT2D eigenvalue weighted by atomic mass is 9.55. The fourth-order valence-electron chi connectivity index (χ4n) is 6.44. The van der Waals surface area contributed by atoms with E-state index in [0.29, 0.717) is 5.57 Å². The molecule has 2 heterocycles. The molecule has 1 spiro atoms. The van der Waals surface area contributed by atoms with Crippen LogP contribution in [-0.2, 0) is 42.9 Å². The summed E-state index contributed by atoms with van der Waals surface area (Å²) in [5.41, 5.74) is -5.85. The average molecular weight is 523 g/mol. The van der Waals surface area contributed by atoms with E-state index >= 15 is 0 Å². The molecule has 204 valence electrons. The molecule has 4 aliphatic rings. The van der Waals surface area contributed by atoms with Gasteiger partial charge in [0.2, 0.25) is 0 Å². The van der Waals surface area contributed by atoms with Crippen molar-refractivity contribution in [3.63, 3.8) is 0 Å². The van der Waals surface area contributed by atoms with E-state index in [0.717, 1.165) is 0 Å². The summed E-state index contributed by atoms with van der Waals surface area (Å²) in [4.78, 5) is 49.7. The number of esters is 4. The number of aliphatic hydroxyl groups is 2. The Kier molecular flexibility index (Phi) is 6.37. The molecule has 2 N–H and O–H groups in total. The van der Waals surface area contributed by atoms with Gasteiger partial charge in [0.25, 0.3) is 0 Å². The predicted molar refractivity (Wildman–Crippen MR) is 125 cm³/mol. The van der Waals surface area contributed by atoms with Gasteiger partial charge in [0.05, 0.1) is 5.60 Å². The molecule has 0 aromatic rings. The molecule has 2 aliphatic carbocycles. The number of aliphatic hydroxyl groups excluding tert-OH is 1. The zero-order valence-electron chi connectivity index (χ0n) is 22.0. The molecule has 0 bridgehead atoms. The van der Waals surface area contributed by atoms with Crippen molar-refractivity contribution in [2.45, 2.75) is 102 Å². The van der Waals surface area contributed by atoms with Gasteiger partial charge in [0.15, 0.2) is 17.3 Å². The van der Waals surface area contributed by atoms with Crippen molar-refractivity contribution in [3.8, 4) is 0 Å². The smallest absolute Gasteiger partial charge is 0.342 e. The van der Waals surface area contributed by atoms with Gasteiger partial charge in [-0.2, -0.15) is 0 Å². The van der Waals surface area contributed by atoms with E-state index in [2.05, 4.69) is 0 Å². The summed E-state index contributed by atoms with van der Waals surface area (Å²) in [6, 6.07) is 0. The van der Waals surface area contributed by atoms with Crippen LogP contribution < -0.4 is 0 Å². The molecule has 11 nitrogen and oxygen atoms in total. The number of carbonyl (C=O) groups excluding carboxylic acids is 4. The molecule has 0 aromatic heterocycles. The molecule has 4 rings (SSSR count). The standard InChI is InChI=1S/C26H34O11/c1-12-10-19-26(25(7,37-26)22(31)36-19)21(35-15(4)29)20-23(5,9-8-17(30)24(20,6)32)18(34-14(3)28)11-16(12)33-13(2)27/h8-10,16-21,30,32H,11H2,1-7H3/b12-10-/t16-,17-,18+,19+,20-,21+,23-,24+,25+,26+/m1/s1. The van der Waals surface area contributed by atoms with Gasteiger partial charge in [-0.15, -0.1) is 0 Å². The summed E-state index contributed by atoms with van der Waals surface area (Å²) in [6.07, 6.45) is -1.18. The number of ether oxygens (including phenoxy) is 5. The molecule has 0 unspecified atom stereocenters. The fourth-order valence-corrected chi connectivity index (χ4v) is 6.44. The van der Waals surface area contributed by atoms with Gasteiger partial charge in [-0.05, 0) is 32.4 Å². The molecule has 0 aromatic carbocycles. The van der Waals surface area contributed by atoms with Crippen LogP contribution in [0.3, 0.4) is 0 Å². The Bertz CT molecular complexity index is 1090. The van der Waals surface area contributed by atoms with Gasteiger partial charge >= 0.3 is 23.9 Å². The third kappa shape index (κ3) is 3.98. The van der Waals surface area contributed by atoms with Gasteiger partial charge in [-0.3, -0.25) is 14.4 Å². The quantitative estimate of drug-likeness (QED) is 0.235. The third-order valence-corrected chi connectivity index (χ3v) is 8.34. The van der Waals surface area contributed by atoms with E-state index in [4.69, 9.17) is 23.7 Å². The van der Waals surface area contributed by atoms with E-state index in [1.54, 1.807) is 26.0 Å². The molecule has 11 heteroatoms. The number of carbonyl (C=O) groups is 4. The van der Waals surface area contributed by atoms with Crippen molar-refractivity contribution in [2.75, 3.05) is 0 Å². The average Bonchev–Trinajstić information content (AvgIpc) is 3.35. The lowest BCUT2D eigenvalue weighted by Gasteiger charge is -2.54. The first kappa shape index (κ1) is 27.3. The highest BCUT2D eigenvalue weighted by Gasteiger charge is 2.87. The van der Waals surface area contributed by atoms with Crippen molar-refractivity contribution < 1.29 is 53.1 Å². The first-order chi connectivity index (χ1) is 17.0. The van der Waals surface area contributed by atoms with Gasteiger partial charge in [-0.25, -0.2) is 4.79 Å². The van der Waals surface area contributed by atoms with E-state index < -0.39 is 82.5 Å². The Morgan fingerprint density at radius 2 is 1.62 bits per heavy atom. The van der Waals surface area contributed by atoms with Crippen LogP contribution in [0.25, 0.3) is 0 Å². The number of hydrogen-bond donors (Lipinski definition) is 2. The molecule has 0 amide bonds. The topological polar surface area (TPSA) is 158 Å². The molecule has 37 heavy (non-hydrogen) atoms. The van der Waals surface area contributed by atoms with Gasteiger partial charge in [0, 0.05) is 38.5 Å². The lowest BCUT2D eigenvalue weighted by Crippen LogP contribution is -2.67. The maximum Gasteiger partial charge on any atom is 0.342 e. The first-order valence-corrected chi connectivity index (χ1v) is 12.2. The van der Waals surface area contributed by atoms with Crippen LogP contribution in [0.15, 0.2) is 23.8 Å². The summed E-state index contributed by atoms with van der Waals surface area (Å²) in [5.74, 6) is -3.78. The molecule has 0 radical (unpaired) electrons. The van der Waals surface area contributed by atoms with E-state index in [1.807, 2.05) is 0 Å². The highest BCUT2D eigenvalue weighted by atomic mass is 16.7. The summed E-state index contributed by atoms with van der Waals surface area (Å²) < 4.78 is 28.9. The van der Waals surface area contributed by atoms with E-state index in [9.17, 15) is 29.4 Å². The van der Waals surface area contributed by atoms with Gasteiger partial charge < -0.3 is 33.9 Å². The SMILES string of the molecule is CC(=O)O[C@H]1C[C@@H](OC(C)=O)/C(C)=C\[C@@H]2OC(=O)[C@]3(C)O[C@]23[C@@H](OC(C)=O)[C@H]2[C@@](C)(O)[C@H](O)C=C[C@]12C. The normalized spacial score (nSPS) is 47.7. The van der Waals surface area contributed by atoms with Crippen molar-refractivity contribution in [1.82, 2.24) is 0 Å². The number of epoxide rings is 1. The predicted octanol–water partition coefficient (Wildman–Crippen LogP) is 0.889. The van der Waals surface area contributed by atoms with Crippen molar-refractivity contribution in [1.29, 1.82) is 0 Å². The maximum atomic E-state index is 13.0. The van der Waals surface area contributed by atoms with Crippen molar-refractivity contribution >= 4 is 23.9 Å². The zero-order valence-corrected chi connectivity index (χ0v) is 22.0. The molecule has 2 aliphatic heterocycles. The summed E-state index contributed by atoms with van der Waals surface area (Å²) in [6.45, 7) is 9.91. The Hall–Kier alpha value is -2.76. The summed E-state index contributed by atoms with van der Waals surface area (Å²) in [7, 11) is 0. The largest absolute Gasteiger partial charge is 0.461 e. The van der Waals surface area contributed by atoms with Crippen LogP contribution in [0, 0.1) is 11.3 Å². The molecule has 2 saturated heterocycles. The first-order valence-electron chi connectivity index (χ1n) is 12.2. The Morgan fingerprint density at radius 3 is 2.16 bits per heavy atom. The highest BCUT2D eigenvalue weighted by molar-refractivity contribution is 5.89. The Balaban J connectivity index is 2.03.